The van der Waals surface area contributed by atoms with Crippen LogP contribution in [0.3, 0.4) is 0 Å². The molecule has 0 saturated heterocycles. The van der Waals surface area contributed by atoms with Crippen molar-refractivity contribution >= 4 is 21.7 Å². The van der Waals surface area contributed by atoms with Crippen molar-refractivity contribution < 1.29 is 18.3 Å². The molecular formula is C13H15N3O4S. The Morgan fingerprint density at radius 3 is 2.71 bits per heavy atom. The molecule has 0 aliphatic carbocycles. The first-order valence-electron chi connectivity index (χ1n) is 6.12. The summed E-state index contributed by atoms with van der Waals surface area (Å²) in [5.41, 5.74) is 1.83. The number of sulfonamides is 1. The lowest BCUT2D eigenvalue weighted by Gasteiger charge is -2.09. The van der Waals surface area contributed by atoms with Crippen molar-refractivity contribution in [2.24, 2.45) is 0 Å². The van der Waals surface area contributed by atoms with Crippen LogP contribution in [-0.2, 0) is 21.4 Å². The molecule has 2 rings (SSSR count). The number of hydrogen-bond acceptors (Lipinski definition) is 4. The summed E-state index contributed by atoms with van der Waals surface area (Å²) < 4.78 is 28.1. The van der Waals surface area contributed by atoms with Gasteiger partial charge in [-0.05, 0) is 25.5 Å². The lowest BCUT2D eigenvalue weighted by Crippen LogP contribution is -2.14. The molecular weight excluding hydrogens is 294 g/mol. The molecule has 0 spiro atoms. The molecule has 0 aliphatic heterocycles. The Balaban J connectivity index is 2.25. The first-order valence-corrected chi connectivity index (χ1v) is 7.60. The van der Waals surface area contributed by atoms with Crippen LogP contribution in [0.2, 0.25) is 0 Å². The number of carboxylic acids is 1. The number of nitrogens with zero attached hydrogens (tertiary/aromatic N) is 2. The van der Waals surface area contributed by atoms with Crippen molar-refractivity contribution in [3.63, 3.8) is 0 Å². The van der Waals surface area contributed by atoms with Crippen molar-refractivity contribution in [1.29, 1.82) is 0 Å². The van der Waals surface area contributed by atoms with Gasteiger partial charge in [0.05, 0.1) is 16.8 Å². The minimum atomic E-state index is -3.73. The largest absolute Gasteiger partial charge is 0.480 e. The van der Waals surface area contributed by atoms with E-state index in [-0.39, 0.29) is 17.1 Å². The lowest BCUT2D eigenvalue weighted by atomic mass is 10.2. The van der Waals surface area contributed by atoms with Gasteiger partial charge in [-0.2, -0.15) is 5.10 Å². The Morgan fingerprint density at radius 2 is 2.10 bits per heavy atom. The summed E-state index contributed by atoms with van der Waals surface area (Å²) in [7, 11) is -3.73. The number of hydrogen-bond donors (Lipinski definition) is 2. The maximum atomic E-state index is 12.3. The van der Waals surface area contributed by atoms with Crippen LogP contribution in [0.25, 0.3) is 0 Å². The molecule has 0 radical (unpaired) electrons. The maximum absolute atomic E-state index is 12.3. The van der Waals surface area contributed by atoms with Crippen molar-refractivity contribution in [2.45, 2.75) is 25.3 Å². The fourth-order valence-electron chi connectivity index (χ4n) is 1.95. The van der Waals surface area contributed by atoms with Gasteiger partial charge in [-0.1, -0.05) is 17.7 Å². The Kier molecular flexibility index (Phi) is 3.99. The number of rotatable bonds is 5. The third kappa shape index (κ3) is 3.60. The van der Waals surface area contributed by atoms with Crippen LogP contribution in [0, 0.1) is 13.8 Å². The summed E-state index contributed by atoms with van der Waals surface area (Å²) in [5, 5.41) is 12.4. The fraction of sp³-hybridized carbons (Fsp3) is 0.231. The molecule has 1 aromatic heterocycles. The van der Waals surface area contributed by atoms with Gasteiger partial charge >= 0.3 is 5.97 Å². The minimum Gasteiger partial charge on any atom is -0.480 e. The second-order valence-corrected chi connectivity index (χ2v) is 6.35. The number of nitrogens with one attached hydrogen (secondary N) is 1. The molecule has 0 bridgehead atoms. The van der Waals surface area contributed by atoms with Gasteiger partial charge in [-0.3, -0.25) is 14.2 Å². The molecule has 21 heavy (non-hydrogen) atoms. The SMILES string of the molecule is Cc1ccc(S(=O)(=O)Nc2cnn(CC(=O)O)c2)c(C)c1. The molecule has 0 unspecified atom stereocenters. The summed E-state index contributed by atoms with van der Waals surface area (Å²) in [5.74, 6) is -1.05. The predicted molar refractivity (Wildman–Crippen MR) is 76.6 cm³/mol. The van der Waals surface area contributed by atoms with E-state index in [4.69, 9.17) is 5.11 Å². The van der Waals surface area contributed by atoms with Crippen LogP contribution < -0.4 is 4.72 Å². The van der Waals surface area contributed by atoms with Gasteiger partial charge in [0.25, 0.3) is 10.0 Å². The first-order chi connectivity index (χ1) is 9.78. The Bertz CT molecular complexity index is 780. The zero-order valence-corrected chi connectivity index (χ0v) is 12.4. The highest BCUT2D eigenvalue weighted by molar-refractivity contribution is 7.92. The monoisotopic (exact) mass is 309 g/mol. The molecule has 0 amide bonds. The second kappa shape index (κ2) is 5.57. The highest BCUT2D eigenvalue weighted by atomic mass is 32.2. The molecule has 112 valence electrons. The third-order valence-electron chi connectivity index (χ3n) is 2.80. The number of aliphatic carboxylic acids is 1. The standard InChI is InChI=1S/C13H15N3O4S/c1-9-3-4-12(10(2)5-9)21(19,20)15-11-6-14-16(7-11)8-13(17)18/h3-7,15H,8H2,1-2H3,(H,17,18). The van der Waals surface area contributed by atoms with Crippen molar-refractivity contribution in [2.75, 3.05) is 4.72 Å². The highest BCUT2D eigenvalue weighted by Gasteiger charge is 2.17. The van der Waals surface area contributed by atoms with Crippen LogP contribution >= 0.6 is 0 Å². The van der Waals surface area contributed by atoms with Gasteiger partial charge in [0, 0.05) is 6.20 Å². The van der Waals surface area contributed by atoms with Crippen LogP contribution in [0.1, 0.15) is 11.1 Å². The van der Waals surface area contributed by atoms with E-state index in [0.717, 1.165) is 10.2 Å². The topological polar surface area (TPSA) is 101 Å². The smallest absolute Gasteiger partial charge is 0.325 e. The van der Waals surface area contributed by atoms with E-state index in [1.54, 1.807) is 19.1 Å². The van der Waals surface area contributed by atoms with Gasteiger partial charge in [-0.25, -0.2) is 8.42 Å². The lowest BCUT2D eigenvalue weighted by molar-refractivity contribution is -0.137. The first kappa shape index (κ1) is 15.0. The van der Waals surface area contributed by atoms with Crippen LogP contribution in [0.4, 0.5) is 5.69 Å². The number of carbonyl (C=O) groups is 1. The molecule has 0 saturated carbocycles. The molecule has 0 fully saturated rings. The van der Waals surface area contributed by atoms with Crippen LogP contribution in [-0.4, -0.2) is 29.3 Å². The van der Waals surface area contributed by atoms with Gasteiger partial charge in [-0.15, -0.1) is 0 Å². The van der Waals surface area contributed by atoms with Gasteiger partial charge in [0.2, 0.25) is 0 Å². The van der Waals surface area contributed by atoms with E-state index >= 15 is 0 Å². The predicted octanol–water partition coefficient (Wildman–Crippen LogP) is 1.39. The summed E-state index contributed by atoms with van der Waals surface area (Å²) in [6, 6.07) is 5.03. The zero-order chi connectivity index (χ0) is 15.6. The summed E-state index contributed by atoms with van der Waals surface area (Å²) >= 11 is 0. The summed E-state index contributed by atoms with van der Waals surface area (Å²) in [6.45, 7) is 3.27. The van der Waals surface area contributed by atoms with Crippen molar-refractivity contribution in [3.8, 4) is 0 Å². The molecule has 0 atom stereocenters. The minimum absolute atomic E-state index is 0.180. The third-order valence-corrected chi connectivity index (χ3v) is 4.34. The van der Waals surface area contributed by atoms with Crippen molar-refractivity contribution in [1.82, 2.24) is 9.78 Å². The molecule has 0 aliphatic rings. The summed E-state index contributed by atoms with van der Waals surface area (Å²) in [4.78, 5) is 10.7. The van der Waals surface area contributed by atoms with E-state index in [1.165, 1.54) is 18.5 Å². The highest BCUT2D eigenvalue weighted by Crippen LogP contribution is 2.19. The van der Waals surface area contributed by atoms with Gasteiger partial charge in [0.1, 0.15) is 6.54 Å². The van der Waals surface area contributed by atoms with Crippen molar-refractivity contribution in [3.05, 3.63) is 41.7 Å². The van der Waals surface area contributed by atoms with Gasteiger partial charge in [0.15, 0.2) is 0 Å². The molecule has 8 heteroatoms. The molecule has 2 N–H and O–H groups in total. The molecule has 2 aromatic rings. The number of benzene rings is 1. The summed E-state index contributed by atoms with van der Waals surface area (Å²) in [6.07, 6.45) is 2.60. The van der Waals surface area contributed by atoms with Crippen LogP contribution in [0.5, 0.6) is 0 Å². The number of anilines is 1. The number of aryl methyl sites for hydroxylation is 2. The zero-order valence-electron chi connectivity index (χ0n) is 11.6. The Morgan fingerprint density at radius 1 is 1.38 bits per heavy atom. The van der Waals surface area contributed by atoms with E-state index in [0.29, 0.717) is 5.56 Å². The van der Waals surface area contributed by atoms with E-state index in [9.17, 15) is 13.2 Å². The second-order valence-electron chi connectivity index (χ2n) is 4.69. The molecule has 1 aromatic carbocycles. The van der Waals surface area contributed by atoms with E-state index < -0.39 is 16.0 Å². The fourth-order valence-corrected chi connectivity index (χ4v) is 3.21. The molecule has 7 nitrogen and oxygen atoms in total. The Hall–Kier alpha value is -2.35. The quantitative estimate of drug-likeness (QED) is 0.869. The van der Waals surface area contributed by atoms with Gasteiger partial charge < -0.3 is 5.11 Å². The number of carboxylic acid groups (broad SMARTS) is 1. The van der Waals surface area contributed by atoms with E-state index in [2.05, 4.69) is 9.82 Å². The van der Waals surface area contributed by atoms with Crippen LogP contribution in [0.15, 0.2) is 35.5 Å². The average Bonchev–Trinajstić information content (AvgIpc) is 2.73. The van der Waals surface area contributed by atoms with E-state index in [1.807, 2.05) is 6.92 Å². The number of aromatic nitrogens is 2. The normalized spacial score (nSPS) is 11.3. The average molecular weight is 309 g/mol. The maximum Gasteiger partial charge on any atom is 0.325 e. The molecule has 1 heterocycles. The Labute approximate surface area is 122 Å².